The first-order chi connectivity index (χ1) is 8.16. The summed E-state index contributed by atoms with van der Waals surface area (Å²) >= 11 is 12.0. The number of halogens is 2. The Bertz CT molecular complexity index is 434. The largest absolute Gasteiger partial charge is 0.314 e. The molecule has 2 fully saturated rings. The second kappa shape index (κ2) is 4.41. The Balaban J connectivity index is 1.91. The maximum absolute atomic E-state index is 6.11. The Morgan fingerprint density at radius 1 is 1.12 bits per heavy atom. The van der Waals surface area contributed by atoms with E-state index in [-0.39, 0.29) is 12.1 Å². The van der Waals surface area contributed by atoms with Crippen molar-refractivity contribution >= 4 is 23.2 Å². The molecular weight excluding hydrogens is 257 g/mol. The molecule has 3 unspecified atom stereocenters. The fourth-order valence-electron chi connectivity index (χ4n) is 2.60. The number of hydrogen-bond donors (Lipinski definition) is 3. The van der Waals surface area contributed by atoms with E-state index >= 15 is 0 Å². The highest BCUT2D eigenvalue weighted by molar-refractivity contribution is 6.42. The van der Waals surface area contributed by atoms with Crippen LogP contribution >= 0.6 is 23.2 Å². The molecule has 0 aromatic heterocycles. The van der Waals surface area contributed by atoms with Crippen LogP contribution in [0.25, 0.3) is 0 Å². The van der Waals surface area contributed by atoms with Crippen molar-refractivity contribution in [2.24, 2.45) is 11.7 Å². The van der Waals surface area contributed by atoms with Crippen LogP contribution in [0.5, 0.6) is 0 Å². The summed E-state index contributed by atoms with van der Waals surface area (Å²) in [5.74, 6) is 0.993. The summed E-state index contributed by atoms with van der Waals surface area (Å²) < 4.78 is 0. The molecule has 0 bridgehead atoms. The van der Waals surface area contributed by atoms with Gasteiger partial charge in [-0.25, -0.2) is 5.43 Å². The number of rotatable bonds is 2. The van der Waals surface area contributed by atoms with Gasteiger partial charge in [0.25, 0.3) is 0 Å². The van der Waals surface area contributed by atoms with Gasteiger partial charge in [-0.05, 0) is 36.5 Å². The third kappa shape index (κ3) is 2.18. The van der Waals surface area contributed by atoms with Gasteiger partial charge in [-0.2, -0.15) is 0 Å². The van der Waals surface area contributed by atoms with E-state index in [0.29, 0.717) is 16.1 Å². The molecule has 3 nitrogen and oxygen atoms in total. The highest BCUT2D eigenvalue weighted by Gasteiger charge is 2.43. The lowest BCUT2D eigenvalue weighted by molar-refractivity contribution is 0.471. The normalized spacial score (nSPS) is 33.0. The molecule has 1 saturated carbocycles. The van der Waals surface area contributed by atoms with Crippen molar-refractivity contribution in [3.63, 3.8) is 0 Å². The van der Waals surface area contributed by atoms with E-state index in [9.17, 15) is 0 Å². The van der Waals surface area contributed by atoms with Crippen LogP contribution in [0.3, 0.4) is 0 Å². The molecule has 92 valence electrons. The zero-order chi connectivity index (χ0) is 12.0. The summed E-state index contributed by atoms with van der Waals surface area (Å²) in [6.45, 7) is 0. The number of hydrogen-bond acceptors (Lipinski definition) is 3. The summed E-state index contributed by atoms with van der Waals surface area (Å²) in [4.78, 5) is 0. The predicted molar refractivity (Wildman–Crippen MR) is 70.0 cm³/mol. The molecule has 1 saturated heterocycles. The highest BCUT2D eigenvalue weighted by atomic mass is 35.5. The zero-order valence-corrected chi connectivity index (χ0v) is 10.8. The summed E-state index contributed by atoms with van der Waals surface area (Å²) in [6.07, 6.45) is 2.49. The van der Waals surface area contributed by atoms with Gasteiger partial charge < -0.3 is 5.73 Å². The van der Waals surface area contributed by atoms with Crippen LogP contribution in [0.4, 0.5) is 0 Å². The van der Waals surface area contributed by atoms with Crippen LogP contribution in [0, 0.1) is 5.92 Å². The molecule has 0 spiro atoms. The fraction of sp³-hybridized carbons (Fsp3) is 0.500. The third-order valence-corrected chi connectivity index (χ3v) is 4.39. The van der Waals surface area contributed by atoms with E-state index in [4.69, 9.17) is 28.9 Å². The quantitative estimate of drug-likeness (QED) is 0.774. The smallest absolute Gasteiger partial charge is 0.0764 e. The van der Waals surface area contributed by atoms with Gasteiger partial charge in [0.05, 0.1) is 16.2 Å². The van der Waals surface area contributed by atoms with Crippen molar-refractivity contribution < 1.29 is 0 Å². The molecule has 3 atom stereocenters. The molecule has 1 aliphatic carbocycles. The average molecular weight is 272 g/mol. The molecular formula is C12H15Cl2N3. The molecule has 0 radical (unpaired) electrons. The fourth-order valence-corrected chi connectivity index (χ4v) is 2.90. The van der Waals surface area contributed by atoms with Gasteiger partial charge >= 0.3 is 0 Å². The van der Waals surface area contributed by atoms with E-state index in [1.54, 1.807) is 0 Å². The van der Waals surface area contributed by atoms with Crippen molar-refractivity contribution in [3.05, 3.63) is 33.8 Å². The monoisotopic (exact) mass is 271 g/mol. The number of nitrogens with two attached hydrogens (primary N) is 1. The lowest BCUT2D eigenvalue weighted by Crippen LogP contribution is -2.38. The van der Waals surface area contributed by atoms with E-state index in [1.165, 1.54) is 12.8 Å². The van der Waals surface area contributed by atoms with Gasteiger partial charge in [0.2, 0.25) is 0 Å². The van der Waals surface area contributed by atoms with E-state index in [2.05, 4.69) is 10.9 Å². The summed E-state index contributed by atoms with van der Waals surface area (Å²) in [6, 6.07) is 6.19. The van der Waals surface area contributed by atoms with E-state index in [0.717, 1.165) is 11.5 Å². The molecule has 17 heavy (non-hydrogen) atoms. The molecule has 1 aromatic rings. The minimum absolute atomic E-state index is 0.0714. The summed E-state index contributed by atoms with van der Waals surface area (Å²) in [5.41, 5.74) is 13.7. The Kier molecular flexibility index (Phi) is 3.05. The zero-order valence-electron chi connectivity index (χ0n) is 9.29. The van der Waals surface area contributed by atoms with Crippen LogP contribution in [0.2, 0.25) is 10.0 Å². The number of nitrogens with one attached hydrogen (secondary N) is 2. The van der Waals surface area contributed by atoms with Gasteiger partial charge in [0.1, 0.15) is 0 Å². The molecule has 1 aliphatic heterocycles. The summed E-state index contributed by atoms with van der Waals surface area (Å²) in [5, 5.41) is 1.18. The lowest BCUT2D eigenvalue weighted by Gasteiger charge is -2.21. The van der Waals surface area contributed by atoms with E-state index in [1.807, 2.05) is 18.2 Å². The third-order valence-electron chi connectivity index (χ3n) is 3.65. The van der Waals surface area contributed by atoms with Crippen molar-refractivity contribution in [3.8, 4) is 0 Å². The van der Waals surface area contributed by atoms with Crippen LogP contribution < -0.4 is 16.6 Å². The van der Waals surface area contributed by atoms with Crippen LogP contribution in [0.15, 0.2) is 18.2 Å². The van der Waals surface area contributed by atoms with Gasteiger partial charge in [0, 0.05) is 12.0 Å². The second-order valence-corrected chi connectivity index (χ2v) is 5.69. The van der Waals surface area contributed by atoms with Crippen LogP contribution in [0.1, 0.15) is 24.3 Å². The molecule has 2 aliphatic rings. The topological polar surface area (TPSA) is 50.1 Å². The van der Waals surface area contributed by atoms with Gasteiger partial charge in [-0.3, -0.25) is 5.43 Å². The van der Waals surface area contributed by atoms with Crippen LogP contribution in [-0.4, -0.2) is 12.2 Å². The molecule has 3 rings (SSSR count). The average Bonchev–Trinajstić information content (AvgIpc) is 3.07. The first kappa shape index (κ1) is 11.8. The Morgan fingerprint density at radius 2 is 1.88 bits per heavy atom. The maximum Gasteiger partial charge on any atom is 0.0764 e. The Hall–Kier alpha value is -0.320. The van der Waals surface area contributed by atoms with Crippen LogP contribution in [-0.2, 0) is 0 Å². The van der Waals surface area contributed by atoms with Crippen molar-refractivity contribution in [1.82, 2.24) is 10.9 Å². The molecule has 0 amide bonds. The first-order valence-electron chi connectivity index (χ1n) is 5.88. The highest BCUT2D eigenvalue weighted by Crippen LogP contribution is 2.42. The van der Waals surface area contributed by atoms with Gasteiger partial charge in [0.15, 0.2) is 0 Å². The molecule has 4 N–H and O–H groups in total. The Labute approximate surface area is 111 Å². The minimum atomic E-state index is -0.0714. The van der Waals surface area contributed by atoms with Crippen molar-refractivity contribution in [1.29, 1.82) is 0 Å². The SMILES string of the molecule is NC1NNC(C2CC2)C1c1ccc(Cl)c(Cl)c1. The number of hydrazine groups is 1. The predicted octanol–water partition coefficient (Wildman–Crippen LogP) is 2.25. The molecule has 1 heterocycles. The van der Waals surface area contributed by atoms with Gasteiger partial charge in [-0.15, -0.1) is 0 Å². The van der Waals surface area contributed by atoms with E-state index < -0.39 is 0 Å². The van der Waals surface area contributed by atoms with Gasteiger partial charge in [-0.1, -0.05) is 29.3 Å². The summed E-state index contributed by atoms with van der Waals surface area (Å²) in [7, 11) is 0. The second-order valence-electron chi connectivity index (χ2n) is 4.88. The maximum atomic E-state index is 6.11. The molecule has 5 heteroatoms. The Morgan fingerprint density at radius 3 is 2.53 bits per heavy atom. The van der Waals surface area contributed by atoms with Crippen molar-refractivity contribution in [2.75, 3.05) is 0 Å². The standard InChI is InChI=1S/C12H15Cl2N3/c13-8-4-3-7(5-9(8)14)10-11(6-1-2-6)16-17-12(10)15/h3-6,10-12,16-17H,1-2,15H2. The minimum Gasteiger partial charge on any atom is -0.314 e. The first-order valence-corrected chi connectivity index (χ1v) is 6.64. The number of benzene rings is 1. The molecule has 1 aromatic carbocycles. The van der Waals surface area contributed by atoms with Crippen molar-refractivity contribution in [2.45, 2.75) is 31.0 Å². The lowest BCUT2D eigenvalue weighted by atomic mass is 9.88.